The van der Waals surface area contributed by atoms with E-state index in [1.54, 1.807) is 19.2 Å². The van der Waals surface area contributed by atoms with Crippen LogP contribution in [-0.4, -0.2) is 24.1 Å². The van der Waals surface area contributed by atoms with Gasteiger partial charge in [0.15, 0.2) is 0 Å². The average Bonchev–Trinajstić information content (AvgIpc) is 3.20. The Hall–Kier alpha value is -3.60. The number of benzene rings is 3. The Bertz CT molecular complexity index is 1240. The van der Waals surface area contributed by atoms with Crippen molar-refractivity contribution in [3.63, 3.8) is 0 Å². The molecule has 0 saturated heterocycles. The molecule has 176 valence electrons. The Balaban J connectivity index is 1.73. The second kappa shape index (κ2) is 10.6. The summed E-state index contributed by atoms with van der Waals surface area (Å²) >= 11 is 0. The molecule has 0 bridgehead atoms. The number of para-hydroxylation sites is 1. The zero-order valence-corrected chi connectivity index (χ0v) is 19.9. The van der Waals surface area contributed by atoms with Crippen LogP contribution in [0.1, 0.15) is 42.9 Å². The third kappa shape index (κ3) is 5.48. The van der Waals surface area contributed by atoms with Crippen LogP contribution in [0.25, 0.3) is 10.9 Å². The largest absolute Gasteiger partial charge is 0.497 e. The highest BCUT2D eigenvalue weighted by Gasteiger charge is 2.23. The van der Waals surface area contributed by atoms with E-state index in [2.05, 4.69) is 54.2 Å². The number of aromatic nitrogens is 1. The average molecular weight is 459 g/mol. The van der Waals surface area contributed by atoms with Gasteiger partial charge in [0.05, 0.1) is 7.11 Å². The summed E-state index contributed by atoms with van der Waals surface area (Å²) < 4.78 is 21.2. The SMILES string of the molecule is COc1ccc(Cn2cc(C(CC(=O)NCC(C)C)c3ccc(F)cc3)c3ccccc32)cc1. The number of carbonyl (C=O) groups excluding carboxylic acids is 1. The van der Waals surface area contributed by atoms with Gasteiger partial charge >= 0.3 is 0 Å². The number of halogens is 1. The van der Waals surface area contributed by atoms with Crippen LogP contribution >= 0.6 is 0 Å². The molecule has 0 aliphatic carbocycles. The summed E-state index contributed by atoms with van der Waals surface area (Å²) in [6.45, 7) is 5.48. The summed E-state index contributed by atoms with van der Waals surface area (Å²) in [5.74, 6) is 0.726. The minimum atomic E-state index is -0.284. The zero-order chi connectivity index (χ0) is 24.1. The Morgan fingerprint density at radius 3 is 2.38 bits per heavy atom. The molecule has 3 aromatic carbocycles. The summed E-state index contributed by atoms with van der Waals surface area (Å²) in [5, 5.41) is 4.14. The van der Waals surface area contributed by atoms with E-state index in [0.29, 0.717) is 25.4 Å². The van der Waals surface area contributed by atoms with Gasteiger partial charge in [-0.25, -0.2) is 4.39 Å². The summed E-state index contributed by atoms with van der Waals surface area (Å²) in [4.78, 5) is 12.9. The van der Waals surface area contributed by atoms with Gasteiger partial charge in [0.25, 0.3) is 0 Å². The van der Waals surface area contributed by atoms with Gasteiger partial charge in [0.1, 0.15) is 11.6 Å². The van der Waals surface area contributed by atoms with Crippen molar-refractivity contribution in [2.45, 2.75) is 32.7 Å². The van der Waals surface area contributed by atoms with Crippen LogP contribution in [0.15, 0.2) is 79.0 Å². The molecule has 4 rings (SSSR count). The van der Waals surface area contributed by atoms with Crippen molar-refractivity contribution >= 4 is 16.8 Å². The van der Waals surface area contributed by atoms with E-state index >= 15 is 0 Å². The van der Waals surface area contributed by atoms with Crippen LogP contribution < -0.4 is 10.1 Å². The highest BCUT2D eigenvalue weighted by Crippen LogP contribution is 2.35. The van der Waals surface area contributed by atoms with Crippen LogP contribution in [0.2, 0.25) is 0 Å². The van der Waals surface area contributed by atoms with Gasteiger partial charge in [-0.1, -0.05) is 56.3 Å². The van der Waals surface area contributed by atoms with Crippen molar-refractivity contribution in [2.24, 2.45) is 5.92 Å². The van der Waals surface area contributed by atoms with Crippen molar-refractivity contribution in [3.05, 3.63) is 102 Å². The first-order valence-corrected chi connectivity index (χ1v) is 11.7. The van der Waals surface area contributed by atoms with E-state index in [1.807, 2.05) is 24.3 Å². The summed E-state index contributed by atoms with van der Waals surface area (Å²) in [7, 11) is 1.66. The maximum Gasteiger partial charge on any atom is 0.220 e. The number of nitrogens with one attached hydrogen (secondary N) is 1. The zero-order valence-electron chi connectivity index (χ0n) is 19.9. The topological polar surface area (TPSA) is 43.3 Å². The first-order chi connectivity index (χ1) is 16.4. The smallest absolute Gasteiger partial charge is 0.220 e. The molecule has 0 spiro atoms. The van der Waals surface area contributed by atoms with Crippen molar-refractivity contribution in [2.75, 3.05) is 13.7 Å². The number of nitrogens with zero attached hydrogens (tertiary/aromatic N) is 1. The molecular weight excluding hydrogens is 427 g/mol. The van der Waals surface area contributed by atoms with Gasteiger partial charge in [-0.05, 0) is 52.9 Å². The third-order valence-corrected chi connectivity index (χ3v) is 6.08. The Kier molecular flexibility index (Phi) is 7.31. The van der Waals surface area contributed by atoms with Gasteiger partial charge in [-0.15, -0.1) is 0 Å². The molecule has 0 aliphatic rings. The predicted molar refractivity (Wildman–Crippen MR) is 135 cm³/mol. The van der Waals surface area contributed by atoms with E-state index in [9.17, 15) is 9.18 Å². The van der Waals surface area contributed by atoms with Gasteiger partial charge in [0, 0.05) is 42.5 Å². The normalized spacial score (nSPS) is 12.1. The molecule has 1 N–H and O–H groups in total. The molecule has 34 heavy (non-hydrogen) atoms. The van der Waals surface area contributed by atoms with E-state index in [1.165, 1.54) is 12.1 Å². The van der Waals surface area contributed by atoms with Gasteiger partial charge < -0.3 is 14.6 Å². The Labute approximate surface area is 200 Å². The summed E-state index contributed by atoms with van der Waals surface area (Å²) in [6, 6.07) is 22.8. The monoisotopic (exact) mass is 458 g/mol. The quantitative estimate of drug-likeness (QED) is 0.328. The number of ether oxygens (including phenoxy) is 1. The van der Waals surface area contributed by atoms with Gasteiger partial charge in [-0.3, -0.25) is 4.79 Å². The molecule has 4 nitrogen and oxygen atoms in total. The lowest BCUT2D eigenvalue weighted by atomic mass is 9.88. The number of methoxy groups -OCH3 is 1. The molecule has 0 fully saturated rings. The second-order valence-corrected chi connectivity index (χ2v) is 9.08. The maximum atomic E-state index is 13.7. The van der Waals surface area contributed by atoms with Crippen LogP contribution in [0.4, 0.5) is 4.39 Å². The lowest BCUT2D eigenvalue weighted by Crippen LogP contribution is -2.28. The highest BCUT2D eigenvalue weighted by atomic mass is 19.1. The molecule has 1 atom stereocenters. The highest BCUT2D eigenvalue weighted by molar-refractivity contribution is 5.86. The van der Waals surface area contributed by atoms with Crippen molar-refractivity contribution in [1.29, 1.82) is 0 Å². The number of carbonyl (C=O) groups is 1. The minimum absolute atomic E-state index is 0.00462. The Morgan fingerprint density at radius 1 is 1.00 bits per heavy atom. The molecule has 1 unspecified atom stereocenters. The van der Waals surface area contributed by atoms with Crippen LogP contribution in [0, 0.1) is 11.7 Å². The summed E-state index contributed by atoms with van der Waals surface area (Å²) in [6.07, 6.45) is 2.44. The first kappa shape index (κ1) is 23.6. The van der Waals surface area contributed by atoms with E-state index in [0.717, 1.165) is 33.3 Å². The molecular formula is C29H31FN2O2. The van der Waals surface area contributed by atoms with Crippen LogP contribution in [0.3, 0.4) is 0 Å². The molecule has 0 radical (unpaired) electrons. The van der Waals surface area contributed by atoms with Crippen molar-refractivity contribution in [3.8, 4) is 5.75 Å². The molecule has 1 amide bonds. The predicted octanol–water partition coefficient (Wildman–Crippen LogP) is 6.13. The fraction of sp³-hybridized carbons (Fsp3) is 0.276. The number of hydrogen-bond donors (Lipinski definition) is 1. The fourth-order valence-corrected chi connectivity index (χ4v) is 4.29. The van der Waals surface area contributed by atoms with E-state index in [4.69, 9.17) is 4.74 Å². The lowest BCUT2D eigenvalue weighted by Gasteiger charge is -2.18. The number of rotatable bonds is 9. The van der Waals surface area contributed by atoms with Gasteiger partial charge in [0.2, 0.25) is 5.91 Å². The molecule has 1 heterocycles. The molecule has 1 aromatic heterocycles. The summed E-state index contributed by atoms with van der Waals surface area (Å²) in [5.41, 5.74) is 4.24. The van der Waals surface area contributed by atoms with E-state index < -0.39 is 0 Å². The second-order valence-electron chi connectivity index (χ2n) is 9.08. The van der Waals surface area contributed by atoms with Crippen molar-refractivity contribution < 1.29 is 13.9 Å². The van der Waals surface area contributed by atoms with Crippen molar-refractivity contribution in [1.82, 2.24) is 9.88 Å². The minimum Gasteiger partial charge on any atom is -0.497 e. The number of hydrogen-bond acceptors (Lipinski definition) is 2. The molecule has 0 saturated carbocycles. The first-order valence-electron chi connectivity index (χ1n) is 11.7. The standard InChI is InChI=1S/C29H31FN2O2/c1-20(2)17-31-29(33)16-26(22-10-12-23(30)13-11-22)27-19-32(28-7-5-4-6-25(27)28)18-21-8-14-24(34-3)15-9-21/h4-15,19-20,26H,16-18H2,1-3H3,(H,31,33). The maximum absolute atomic E-state index is 13.7. The van der Waals surface area contributed by atoms with E-state index in [-0.39, 0.29) is 17.6 Å². The Morgan fingerprint density at radius 2 is 1.71 bits per heavy atom. The molecule has 0 aliphatic heterocycles. The molecule has 4 aromatic rings. The van der Waals surface area contributed by atoms with Gasteiger partial charge in [-0.2, -0.15) is 0 Å². The number of fused-ring (bicyclic) bond motifs is 1. The molecule has 5 heteroatoms. The third-order valence-electron chi connectivity index (χ3n) is 6.08. The lowest BCUT2D eigenvalue weighted by molar-refractivity contribution is -0.121. The van der Waals surface area contributed by atoms with Crippen LogP contribution in [0.5, 0.6) is 5.75 Å². The fourth-order valence-electron chi connectivity index (χ4n) is 4.29. The van der Waals surface area contributed by atoms with Crippen LogP contribution in [-0.2, 0) is 11.3 Å². The number of amides is 1.